The molecule has 112 valence electrons. The average molecular weight is 281 g/mol. The lowest BCUT2D eigenvalue weighted by Crippen LogP contribution is -2.42. The second-order valence-electron chi connectivity index (χ2n) is 5.78. The molecule has 1 rings (SSSR count). The monoisotopic (exact) mass is 281 g/mol. The van der Waals surface area contributed by atoms with E-state index in [2.05, 4.69) is 15.3 Å². The zero-order valence-electron chi connectivity index (χ0n) is 12.6. The van der Waals surface area contributed by atoms with Crippen molar-refractivity contribution in [2.45, 2.75) is 52.1 Å². The standard InChI is InChI=1S/C14H23N3O3/c1-8(2)10-6-11(17-12(16-10)9(3)4)15-7-14(5,20)13(18)19/h6,8-9,20H,7H2,1-5H3,(H,18,19)(H,15,16,17). The van der Waals surface area contributed by atoms with Gasteiger partial charge in [0.05, 0.1) is 6.54 Å². The number of carboxylic acid groups (broad SMARTS) is 1. The van der Waals surface area contributed by atoms with E-state index < -0.39 is 11.6 Å². The van der Waals surface area contributed by atoms with Crippen molar-refractivity contribution >= 4 is 11.8 Å². The van der Waals surface area contributed by atoms with Crippen LogP contribution in [0.4, 0.5) is 5.82 Å². The third kappa shape index (κ3) is 4.16. The van der Waals surface area contributed by atoms with Crippen LogP contribution in [0, 0.1) is 0 Å². The molecule has 1 heterocycles. The fourth-order valence-electron chi connectivity index (χ4n) is 1.47. The zero-order chi connectivity index (χ0) is 15.5. The molecule has 0 bridgehead atoms. The van der Waals surface area contributed by atoms with Crippen LogP contribution in [0.3, 0.4) is 0 Å². The Hall–Kier alpha value is -1.69. The van der Waals surface area contributed by atoms with Crippen molar-refractivity contribution in [1.29, 1.82) is 0 Å². The summed E-state index contributed by atoms with van der Waals surface area (Å²) >= 11 is 0. The van der Waals surface area contributed by atoms with Crippen molar-refractivity contribution in [2.24, 2.45) is 0 Å². The van der Waals surface area contributed by atoms with E-state index in [1.807, 2.05) is 27.7 Å². The minimum Gasteiger partial charge on any atom is -0.479 e. The fourth-order valence-corrected chi connectivity index (χ4v) is 1.47. The number of anilines is 1. The summed E-state index contributed by atoms with van der Waals surface area (Å²) in [5.41, 5.74) is -0.942. The van der Waals surface area contributed by atoms with Gasteiger partial charge in [0.2, 0.25) is 0 Å². The van der Waals surface area contributed by atoms with Gasteiger partial charge in [0.25, 0.3) is 0 Å². The molecule has 0 radical (unpaired) electrons. The van der Waals surface area contributed by atoms with Gasteiger partial charge in [0.1, 0.15) is 11.6 Å². The number of hydrogen-bond acceptors (Lipinski definition) is 5. The van der Waals surface area contributed by atoms with Gasteiger partial charge in [-0.1, -0.05) is 27.7 Å². The van der Waals surface area contributed by atoms with Crippen LogP contribution in [0.5, 0.6) is 0 Å². The minimum atomic E-state index is -1.83. The molecule has 0 fully saturated rings. The Morgan fingerprint density at radius 3 is 2.35 bits per heavy atom. The molecule has 6 heteroatoms. The normalized spacial score (nSPS) is 14.4. The highest BCUT2D eigenvalue weighted by molar-refractivity contribution is 5.77. The Morgan fingerprint density at radius 1 is 1.30 bits per heavy atom. The van der Waals surface area contributed by atoms with E-state index in [1.165, 1.54) is 6.92 Å². The Bertz CT molecular complexity index is 458. The first-order valence-corrected chi connectivity index (χ1v) is 6.72. The molecular formula is C14H23N3O3. The highest BCUT2D eigenvalue weighted by atomic mass is 16.4. The van der Waals surface area contributed by atoms with Crippen molar-refractivity contribution < 1.29 is 15.0 Å². The molecule has 1 aromatic heterocycles. The molecule has 1 aromatic rings. The second kappa shape index (κ2) is 6.17. The van der Waals surface area contributed by atoms with Crippen LogP contribution in [0.25, 0.3) is 0 Å². The number of carboxylic acids is 1. The highest BCUT2D eigenvalue weighted by Gasteiger charge is 2.29. The molecule has 1 unspecified atom stereocenters. The summed E-state index contributed by atoms with van der Waals surface area (Å²) in [5, 5.41) is 21.5. The van der Waals surface area contributed by atoms with Gasteiger partial charge in [-0.2, -0.15) is 0 Å². The molecule has 3 N–H and O–H groups in total. The maximum absolute atomic E-state index is 10.9. The third-order valence-electron chi connectivity index (χ3n) is 2.95. The van der Waals surface area contributed by atoms with Crippen LogP contribution < -0.4 is 5.32 Å². The molecule has 0 saturated heterocycles. The van der Waals surface area contributed by atoms with Crippen molar-refractivity contribution in [3.8, 4) is 0 Å². The number of rotatable bonds is 6. The number of aromatic nitrogens is 2. The molecule has 0 aliphatic rings. The number of nitrogens with one attached hydrogen (secondary N) is 1. The summed E-state index contributed by atoms with van der Waals surface area (Å²) in [7, 11) is 0. The molecule has 0 spiro atoms. The molecule has 20 heavy (non-hydrogen) atoms. The molecule has 0 aliphatic carbocycles. The van der Waals surface area contributed by atoms with Crippen LogP contribution in [0.15, 0.2) is 6.07 Å². The maximum Gasteiger partial charge on any atom is 0.337 e. The zero-order valence-corrected chi connectivity index (χ0v) is 12.6. The van der Waals surface area contributed by atoms with Crippen molar-refractivity contribution in [3.63, 3.8) is 0 Å². The number of hydrogen-bond donors (Lipinski definition) is 3. The van der Waals surface area contributed by atoms with Crippen LogP contribution in [-0.4, -0.2) is 38.3 Å². The van der Waals surface area contributed by atoms with Crippen LogP contribution in [0.1, 0.15) is 58.0 Å². The van der Waals surface area contributed by atoms with Gasteiger partial charge in [-0.05, 0) is 12.8 Å². The van der Waals surface area contributed by atoms with Gasteiger partial charge in [-0.15, -0.1) is 0 Å². The van der Waals surface area contributed by atoms with Gasteiger partial charge in [0, 0.05) is 17.7 Å². The van der Waals surface area contributed by atoms with Crippen LogP contribution in [0.2, 0.25) is 0 Å². The molecule has 6 nitrogen and oxygen atoms in total. The SMILES string of the molecule is CC(C)c1cc(NCC(C)(O)C(=O)O)nc(C(C)C)n1. The van der Waals surface area contributed by atoms with Gasteiger partial charge in [0.15, 0.2) is 5.60 Å². The van der Waals surface area contributed by atoms with E-state index in [0.29, 0.717) is 11.6 Å². The largest absolute Gasteiger partial charge is 0.479 e. The summed E-state index contributed by atoms with van der Waals surface area (Å²) in [6.45, 7) is 9.19. The predicted molar refractivity (Wildman–Crippen MR) is 77.0 cm³/mol. The second-order valence-corrected chi connectivity index (χ2v) is 5.78. The summed E-state index contributed by atoms with van der Waals surface area (Å²) in [6.07, 6.45) is 0. The predicted octanol–water partition coefficient (Wildman–Crippen LogP) is 1.97. The summed E-state index contributed by atoms with van der Waals surface area (Å²) in [6, 6.07) is 1.79. The van der Waals surface area contributed by atoms with Crippen LogP contribution in [-0.2, 0) is 4.79 Å². The summed E-state index contributed by atoms with van der Waals surface area (Å²) < 4.78 is 0. The van der Waals surface area contributed by atoms with Crippen molar-refractivity contribution in [3.05, 3.63) is 17.6 Å². The fraction of sp³-hybridized carbons (Fsp3) is 0.643. The summed E-state index contributed by atoms with van der Waals surface area (Å²) in [4.78, 5) is 19.7. The van der Waals surface area contributed by atoms with Crippen molar-refractivity contribution in [1.82, 2.24) is 9.97 Å². The smallest absolute Gasteiger partial charge is 0.337 e. The molecule has 0 aliphatic heterocycles. The number of carbonyl (C=O) groups is 1. The lowest BCUT2D eigenvalue weighted by Gasteiger charge is -2.20. The Balaban J connectivity index is 2.97. The van der Waals surface area contributed by atoms with Gasteiger partial charge < -0.3 is 15.5 Å². The third-order valence-corrected chi connectivity index (χ3v) is 2.95. The lowest BCUT2D eigenvalue weighted by atomic mass is 10.1. The average Bonchev–Trinajstić information content (AvgIpc) is 2.35. The maximum atomic E-state index is 10.9. The van der Waals surface area contributed by atoms with E-state index in [4.69, 9.17) is 5.11 Å². The Labute approximate surface area is 119 Å². The highest BCUT2D eigenvalue weighted by Crippen LogP contribution is 2.19. The Morgan fingerprint density at radius 2 is 1.90 bits per heavy atom. The number of aliphatic hydroxyl groups is 1. The van der Waals surface area contributed by atoms with Gasteiger partial charge in [-0.3, -0.25) is 0 Å². The topological polar surface area (TPSA) is 95.3 Å². The molecule has 0 saturated carbocycles. The Kier molecular flexibility index (Phi) is 5.05. The van der Waals surface area contributed by atoms with E-state index in [1.54, 1.807) is 6.07 Å². The lowest BCUT2D eigenvalue weighted by molar-refractivity contribution is -0.155. The van der Waals surface area contributed by atoms with E-state index >= 15 is 0 Å². The van der Waals surface area contributed by atoms with Gasteiger partial charge in [-0.25, -0.2) is 14.8 Å². The summed E-state index contributed by atoms with van der Waals surface area (Å²) in [5.74, 6) is 0.389. The first kappa shape index (κ1) is 16.4. The van der Waals surface area contributed by atoms with E-state index in [0.717, 1.165) is 5.69 Å². The van der Waals surface area contributed by atoms with Crippen molar-refractivity contribution in [2.75, 3.05) is 11.9 Å². The number of nitrogens with zero attached hydrogens (tertiary/aromatic N) is 2. The molecular weight excluding hydrogens is 258 g/mol. The first-order chi connectivity index (χ1) is 9.13. The molecule has 0 amide bonds. The van der Waals surface area contributed by atoms with Gasteiger partial charge >= 0.3 is 5.97 Å². The van der Waals surface area contributed by atoms with E-state index in [-0.39, 0.29) is 18.4 Å². The molecule has 1 atom stereocenters. The first-order valence-electron chi connectivity index (χ1n) is 6.72. The number of aliphatic carboxylic acids is 1. The van der Waals surface area contributed by atoms with Crippen LogP contribution >= 0.6 is 0 Å². The quantitative estimate of drug-likeness (QED) is 0.738. The molecule has 0 aromatic carbocycles. The minimum absolute atomic E-state index is 0.117. The van der Waals surface area contributed by atoms with E-state index in [9.17, 15) is 9.90 Å².